The zero-order chi connectivity index (χ0) is 13.3. The van der Waals surface area contributed by atoms with Gasteiger partial charge < -0.3 is 14.9 Å². The van der Waals surface area contributed by atoms with Crippen molar-refractivity contribution in [2.24, 2.45) is 0 Å². The summed E-state index contributed by atoms with van der Waals surface area (Å²) in [5.41, 5.74) is 2.17. The third-order valence-corrected chi connectivity index (χ3v) is 4.28. The van der Waals surface area contributed by atoms with Crippen molar-refractivity contribution in [3.63, 3.8) is 0 Å². The summed E-state index contributed by atoms with van der Waals surface area (Å²) in [5.74, 6) is 0. The van der Waals surface area contributed by atoms with Gasteiger partial charge in [-0.2, -0.15) is 0 Å². The average Bonchev–Trinajstić information content (AvgIpc) is 2.28. The molecule has 1 unspecified atom stereocenters. The molecule has 1 aliphatic rings. The maximum absolute atomic E-state index is 9.64. The Morgan fingerprint density at radius 3 is 2.67 bits per heavy atom. The minimum atomic E-state index is -0.432. The molecule has 2 rings (SSSR count). The Kier molecular flexibility index (Phi) is 4.30. The van der Waals surface area contributed by atoms with Crippen molar-refractivity contribution >= 4 is 21.6 Å². The highest BCUT2D eigenvalue weighted by atomic mass is 79.9. The molecule has 0 saturated carbocycles. The van der Waals surface area contributed by atoms with Crippen LogP contribution in [0, 0.1) is 0 Å². The summed E-state index contributed by atoms with van der Waals surface area (Å²) in [5, 5.41) is 9.64. The fourth-order valence-corrected chi connectivity index (χ4v) is 3.25. The van der Waals surface area contributed by atoms with Crippen LogP contribution in [-0.4, -0.2) is 42.7 Å². The van der Waals surface area contributed by atoms with Gasteiger partial charge in [0.1, 0.15) is 0 Å². The van der Waals surface area contributed by atoms with Gasteiger partial charge in [0, 0.05) is 35.8 Å². The Balaban J connectivity index is 2.21. The number of aliphatic hydroxyl groups excluding tert-OH is 1. The number of likely N-dealkylation sites (N-methyl/N-ethyl adjacent to an activating group) is 1. The van der Waals surface area contributed by atoms with E-state index >= 15 is 0 Å². The summed E-state index contributed by atoms with van der Waals surface area (Å²) in [6, 6.07) is 6.75. The van der Waals surface area contributed by atoms with Gasteiger partial charge in [-0.3, -0.25) is 0 Å². The summed E-state index contributed by atoms with van der Waals surface area (Å²) >= 11 is 3.55. The predicted octanol–water partition coefficient (Wildman–Crippen LogP) is 2.64. The van der Waals surface area contributed by atoms with Crippen molar-refractivity contribution in [3.05, 3.63) is 28.2 Å². The standard InChI is InChI=1S/C14H21BrN2O/c1-10-9-16(3)6-7-17(10)12-4-5-13(11(2)18)14(15)8-12/h4-5,8,10-11,18H,6-7,9H2,1-3H3/t10?,11-/m0/s1. The minimum Gasteiger partial charge on any atom is -0.389 e. The molecule has 0 amide bonds. The number of hydrogen-bond acceptors (Lipinski definition) is 3. The fraction of sp³-hybridized carbons (Fsp3) is 0.571. The summed E-state index contributed by atoms with van der Waals surface area (Å²) in [6.07, 6.45) is -0.432. The van der Waals surface area contributed by atoms with E-state index in [0.29, 0.717) is 6.04 Å². The molecule has 0 aliphatic carbocycles. The van der Waals surface area contributed by atoms with Crippen LogP contribution < -0.4 is 4.90 Å². The van der Waals surface area contributed by atoms with Crippen LogP contribution in [0.2, 0.25) is 0 Å². The molecule has 1 N–H and O–H groups in total. The topological polar surface area (TPSA) is 26.7 Å². The zero-order valence-electron chi connectivity index (χ0n) is 11.2. The van der Waals surface area contributed by atoms with Crippen LogP contribution in [0.3, 0.4) is 0 Å². The van der Waals surface area contributed by atoms with Crippen LogP contribution in [0.5, 0.6) is 0 Å². The molecule has 1 heterocycles. The lowest BCUT2D eigenvalue weighted by molar-refractivity contribution is 0.198. The molecule has 18 heavy (non-hydrogen) atoms. The van der Waals surface area contributed by atoms with E-state index in [-0.39, 0.29) is 0 Å². The number of anilines is 1. The van der Waals surface area contributed by atoms with E-state index in [0.717, 1.165) is 29.7 Å². The summed E-state index contributed by atoms with van der Waals surface area (Å²) < 4.78 is 0.987. The van der Waals surface area contributed by atoms with Gasteiger partial charge in [-0.1, -0.05) is 22.0 Å². The highest BCUT2D eigenvalue weighted by molar-refractivity contribution is 9.10. The molecule has 1 fully saturated rings. The van der Waals surface area contributed by atoms with Gasteiger partial charge in [0.05, 0.1) is 6.10 Å². The van der Waals surface area contributed by atoms with E-state index < -0.39 is 6.10 Å². The molecular formula is C14H21BrN2O. The predicted molar refractivity (Wildman–Crippen MR) is 79.1 cm³/mol. The van der Waals surface area contributed by atoms with Crippen molar-refractivity contribution < 1.29 is 5.11 Å². The average molecular weight is 313 g/mol. The van der Waals surface area contributed by atoms with Crippen molar-refractivity contribution in [2.75, 3.05) is 31.6 Å². The quantitative estimate of drug-likeness (QED) is 0.909. The van der Waals surface area contributed by atoms with Crippen LogP contribution >= 0.6 is 15.9 Å². The molecule has 0 spiro atoms. The lowest BCUT2D eigenvalue weighted by atomic mass is 10.1. The molecule has 100 valence electrons. The van der Waals surface area contributed by atoms with Crippen LogP contribution in [0.4, 0.5) is 5.69 Å². The zero-order valence-corrected chi connectivity index (χ0v) is 12.8. The van der Waals surface area contributed by atoms with Crippen molar-refractivity contribution in [1.29, 1.82) is 0 Å². The van der Waals surface area contributed by atoms with Gasteiger partial charge in [-0.05, 0) is 38.6 Å². The molecule has 0 radical (unpaired) electrons. The van der Waals surface area contributed by atoms with Crippen molar-refractivity contribution in [2.45, 2.75) is 26.0 Å². The number of nitrogens with zero attached hydrogens (tertiary/aromatic N) is 2. The second kappa shape index (κ2) is 5.59. The SMILES string of the molecule is CC1CN(C)CCN1c1ccc([C@H](C)O)c(Br)c1. The number of benzene rings is 1. The van der Waals surface area contributed by atoms with E-state index in [1.165, 1.54) is 5.69 Å². The first-order chi connectivity index (χ1) is 8.49. The molecular weight excluding hydrogens is 292 g/mol. The maximum atomic E-state index is 9.64. The second-order valence-electron chi connectivity index (χ2n) is 5.19. The van der Waals surface area contributed by atoms with Crippen LogP contribution in [0.1, 0.15) is 25.5 Å². The molecule has 1 aromatic carbocycles. The molecule has 4 heteroatoms. The van der Waals surface area contributed by atoms with Crippen LogP contribution in [0.15, 0.2) is 22.7 Å². The lowest BCUT2D eigenvalue weighted by Crippen LogP contribution is -2.50. The Bertz CT molecular complexity index is 422. The Labute approximate surface area is 118 Å². The number of halogens is 1. The minimum absolute atomic E-state index is 0.432. The summed E-state index contributed by atoms with van der Waals surface area (Å²) in [6.45, 7) is 7.29. The molecule has 3 nitrogen and oxygen atoms in total. The Morgan fingerprint density at radius 1 is 1.39 bits per heavy atom. The van der Waals surface area contributed by atoms with E-state index in [1.54, 1.807) is 6.92 Å². The highest BCUT2D eigenvalue weighted by Crippen LogP contribution is 2.29. The number of hydrogen-bond donors (Lipinski definition) is 1. The molecule has 1 saturated heterocycles. The molecule has 2 atom stereocenters. The number of piperazine rings is 1. The largest absolute Gasteiger partial charge is 0.389 e. The highest BCUT2D eigenvalue weighted by Gasteiger charge is 2.22. The fourth-order valence-electron chi connectivity index (χ4n) is 2.56. The third-order valence-electron chi connectivity index (χ3n) is 3.60. The first kappa shape index (κ1) is 13.8. The van der Waals surface area contributed by atoms with E-state index in [4.69, 9.17) is 0 Å². The van der Waals surface area contributed by atoms with Crippen LogP contribution in [-0.2, 0) is 0 Å². The van der Waals surface area contributed by atoms with Crippen molar-refractivity contribution in [3.8, 4) is 0 Å². The third kappa shape index (κ3) is 2.87. The van der Waals surface area contributed by atoms with Gasteiger partial charge in [0.25, 0.3) is 0 Å². The van der Waals surface area contributed by atoms with Gasteiger partial charge in [-0.15, -0.1) is 0 Å². The molecule has 0 bridgehead atoms. The second-order valence-corrected chi connectivity index (χ2v) is 6.04. The maximum Gasteiger partial charge on any atom is 0.0772 e. The van der Waals surface area contributed by atoms with Crippen molar-refractivity contribution in [1.82, 2.24) is 4.90 Å². The summed E-state index contributed by atoms with van der Waals surface area (Å²) in [4.78, 5) is 4.79. The Hall–Kier alpha value is -0.580. The first-order valence-electron chi connectivity index (χ1n) is 6.41. The van der Waals surface area contributed by atoms with Gasteiger partial charge in [-0.25, -0.2) is 0 Å². The van der Waals surface area contributed by atoms with Gasteiger partial charge in [0.2, 0.25) is 0 Å². The monoisotopic (exact) mass is 312 g/mol. The number of aliphatic hydroxyl groups is 1. The molecule has 1 aromatic rings. The lowest BCUT2D eigenvalue weighted by Gasteiger charge is -2.40. The molecule has 1 aliphatic heterocycles. The smallest absolute Gasteiger partial charge is 0.0772 e. The van der Waals surface area contributed by atoms with Gasteiger partial charge >= 0.3 is 0 Å². The Morgan fingerprint density at radius 2 is 2.11 bits per heavy atom. The van der Waals surface area contributed by atoms with E-state index in [1.807, 2.05) is 6.07 Å². The first-order valence-corrected chi connectivity index (χ1v) is 7.21. The van der Waals surface area contributed by atoms with E-state index in [9.17, 15) is 5.11 Å². The summed E-state index contributed by atoms with van der Waals surface area (Å²) in [7, 11) is 2.17. The normalized spacial score (nSPS) is 23.2. The number of rotatable bonds is 2. The molecule has 0 aromatic heterocycles. The van der Waals surface area contributed by atoms with E-state index in [2.05, 4.69) is 51.8 Å². The van der Waals surface area contributed by atoms with Gasteiger partial charge in [0.15, 0.2) is 0 Å². The van der Waals surface area contributed by atoms with Crippen LogP contribution in [0.25, 0.3) is 0 Å².